The third-order valence-electron chi connectivity index (χ3n) is 1.84. The molecule has 0 aromatic carbocycles. The van der Waals surface area contributed by atoms with Crippen LogP contribution in [0, 0.1) is 0 Å². The molecule has 1 rings (SSSR count). The van der Waals surface area contributed by atoms with Crippen LogP contribution in [0.4, 0.5) is 5.69 Å². The van der Waals surface area contributed by atoms with Gasteiger partial charge in [0.15, 0.2) is 0 Å². The summed E-state index contributed by atoms with van der Waals surface area (Å²) in [5.74, 6) is 1.06. The maximum Gasteiger partial charge on any atom is 0.122 e. The summed E-state index contributed by atoms with van der Waals surface area (Å²) in [6.45, 7) is 2.14. The Kier molecular flexibility index (Phi) is 4.84. The first-order valence-electron chi connectivity index (χ1n) is 4.65. The number of rotatable bonds is 5. The van der Waals surface area contributed by atoms with E-state index in [1.807, 2.05) is 23.9 Å². The van der Waals surface area contributed by atoms with E-state index >= 15 is 0 Å². The number of hydrogen-bond donors (Lipinski definition) is 2. The molecule has 0 aliphatic carbocycles. The van der Waals surface area contributed by atoms with Gasteiger partial charge in [0.25, 0.3) is 0 Å². The van der Waals surface area contributed by atoms with Crippen molar-refractivity contribution in [3.8, 4) is 0 Å². The highest BCUT2D eigenvalue weighted by molar-refractivity contribution is 7.98. The molecule has 3 nitrogen and oxygen atoms in total. The molecule has 1 aromatic rings. The molecule has 0 fully saturated rings. The Bertz CT molecular complexity index is 341. The van der Waals surface area contributed by atoms with Crippen LogP contribution in [0.25, 0.3) is 0 Å². The lowest BCUT2D eigenvalue weighted by molar-refractivity contribution is 0.913. The molecule has 15 heavy (non-hydrogen) atoms. The molecule has 0 spiro atoms. The van der Waals surface area contributed by atoms with Crippen molar-refractivity contribution in [2.75, 3.05) is 17.3 Å². The minimum atomic E-state index is 0.330. The smallest absolute Gasteiger partial charge is 0.122 e. The first kappa shape index (κ1) is 12.3. The monoisotopic (exact) mass is 241 g/mol. The number of nitrogens with one attached hydrogen (secondary N) is 1. The Balaban J connectivity index is 2.69. The van der Waals surface area contributed by atoms with Gasteiger partial charge in [0.1, 0.15) is 4.99 Å². The number of anilines is 1. The molecule has 0 saturated carbocycles. The summed E-state index contributed by atoms with van der Waals surface area (Å²) in [5.41, 5.74) is 7.18. The molecule has 5 heteroatoms. The third-order valence-corrected chi connectivity index (χ3v) is 2.88. The molecule has 1 atom stereocenters. The molecule has 0 amide bonds. The van der Waals surface area contributed by atoms with E-state index in [1.165, 1.54) is 0 Å². The number of thioether (sulfide) groups is 1. The van der Waals surface area contributed by atoms with Crippen molar-refractivity contribution in [1.29, 1.82) is 0 Å². The minimum absolute atomic E-state index is 0.330. The van der Waals surface area contributed by atoms with Crippen molar-refractivity contribution in [3.63, 3.8) is 0 Å². The van der Waals surface area contributed by atoms with Crippen molar-refractivity contribution < 1.29 is 0 Å². The summed E-state index contributed by atoms with van der Waals surface area (Å²) in [5, 5.41) is 3.36. The van der Waals surface area contributed by atoms with Gasteiger partial charge in [0, 0.05) is 23.7 Å². The Hall–Kier alpha value is -0.810. The Morgan fingerprint density at radius 3 is 3.07 bits per heavy atom. The normalized spacial score (nSPS) is 12.1. The SMILES string of the molecule is CSCC(C)Nc1ccnc(C(N)=S)c1. The van der Waals surface area contributed by atoms with Crippen molar-refractivity contribution in [2.24, 2.45) is 5.73 Å². The number of nitrogens with two attached hydrogens (primary N) is 1. The number of nitrogens with zero attached hydrogens (tertiary/aromatic N) is 1. The Morgan fingerprint density at radius 2 is 2.47 bits per heavy atom. The Labute approximate surface area is 99.8 Å². The van der Waals surface area contributed by atoms with Crippen LogP contribution in [-0.4, -0.2) is 28.0 Å². The van der Waals surface area contributed by atoms with E-state index in [1.54, 1.807) is 6.20 Å². The van der Waals surface area contributed by atoms with Gasteiger partial charge < -0.3 is 11.1 Å². The van der Waals surface area contributed by atoms with Crippen LogP contribution < -0.4 is 11.1 Å². The maximum atomic E-state index is 5.51. The molecule has 82 valence electrons. The molecule has 0 saturated heterocycles. The van der Waals surface area contributed by atoms with Gasteiger partial charge in [-0.2, -0.15) is 11.8 Å². The van der Waals surface area contributed by atoms with E-state index in [-0.39, 0.29) is 0 Å². The molecule has 1 heterocycles. The van der Waals surface area contributed by atoms with Crippen molar-refractivity contribution >= 4 is 34.7 Å². The van der Waals surface area contributed by atoms with Gasteiger partial charge in [0.2, 0.25) is 0 Å². The summed E-state index contributed by atoms with van der Waals surface area (Å²) in [6.07, 6.45) is 3.80. The van der Waals surface area contributed by atoms with Crippen molar-refractivity contribution in [1.82, 2.24) is 4.98 Å². The first-order chi connectivity index (χ1) is 7.13. The zero-order valence-electron chi connectivity index (χ0n) is 8.86. The lowest BCUT2D eigenvalue weighted by atomic mass is 10.3. The fourth-order valence-corrected chi connectivity index (χ4v) is 1.93. The van der Waals surface area contributed by atoms with Crippen LogP contribution >= 0.6 is 24.0 Å². The second-order valence-corrected chi connectivity index (χ2v) is 4.65. The van der Waals surface area contributed by atoms with E-state index in [0.29, 0.717) is 16.7 Å². The van der Waals surface area contributed by atoms with Crippen LogP contribution in [0.5, 0.6) is 0 Å². The molecule has 0 bridgehead atoms. The average Bonchev–Trinajstić information content (AvgIpc) is 2.18. The van der Waals surface area contributed by atoms with Crippen molar-refractivity contribution in [2.45, 2.75) is 13.0 Å². The van der Waals surface area contributed by atoms with Gasteiger partial charge in [-0.1, -0.05) is 12.2 Å². The molecule has 0 aliphatic rings. The molecule has 0 radical (unpaired) electrons. The van der Waals surface area contributed by atoms with Gasteiger partial charge in [0.05, 0.1) is 5.69 Å². The fraction of sp³-hybridized carbons (Fsp3) is 0.400. The summed E-state index contributed by atoms with van der Waals surface area (Å²) < 4.78 is 0. The zero-order chi connectivity index (χ0) is 11.3. The van der Waals surface area contributed by atoms with Gasteiger partial charge in [-0.25, -0.2) is 0 Å². The molecule has 3 N–H and O–H groups in total. The second kappa shape index (κ2) is 5.92. The predicted molar refractivity (Wildman–Crippen MR) is 71.6 cm³/mol. The largest absolute Gasteiger partial charge is 0.388 e. The lowest BCUT2D eigenvalue weighted by Gasteiger charge is -2.14. The second-order valence-electron chi connectivity index (χ2n) is 3.29. The summed E-state index contributed by atoms with van der Waals surface area (Å²) in [6, 6.07) is 4.21. The van der Waals surface area contributed by atoms with Crippen LogP contribution in [0.3, 0.4) is 0 Å². The highest BCUT2D eigenvalue weighted by Crippen LogP contribution is 2.11. The number of hydrogen-bond acceptors (Lipinski definition) is 4. The van der Waals surface area contributed by atoms with Gasteiger partial charge in [-0.3, -0.25) is 4.98 Å². The van der Waals surface area contributed by atoms with Gasteiger partial charge in [-0.05, 0) is 25.3 Å². The highest BCUT2D eigenvalue weighted by atomic mass is 32.2. The summed E-state index contributed by atoms with van der Waals surface area (Å²) in [4.78, 5) is 4.41. The van der Waals surface area contributed by atoms with E-state index in [2.05, 4.69) is 23.5 Å². The maximum absolute atomic E-state index is 5.51. The average molecular weight is 241 g/mol. The van der Waals surface area contributed by atoms with Crippen LogP contribution in [-0.2, 0) is 0 Å². The standard InChI is InChI=1S/C10H15N3S2/c1-7(6-15-2)13-8-3-4-12-9(5-8)10(11)14/h3-5,7H,6H2,1-2H3,(H2,11,14)(H,12,13). The number of aromatic nitrogens is 1. The summed E-state index contributed by atoms with van der Waals surface area (Å²) >= 11 is 6.68. The van der Waals surface area contributed by atoms with E-state index in [4.69, 9.17) is 18.0 Å². The van der Waals surface area contributed by atoms with E-state index in [0.717, 1.165) is 11.4 Å². The van der Waals surface area contributed by atoms with Crippen LogP contribution in [0.2, 0.25) is 0 Å². The summed E-state index contributed by atoms with van der Waals surface area (Å²) in [7, 11) is 0. The minimum Gasteiger partial charge on any atom is -0.388 e. The van der Waals surface area contributed by atoms with E-state index in [9.17, 15) is 0 Å². The van der Waals surface area contributed by atoms with E-state index < -0.39 is 0 Å². The molecule has 1 unspecified atom stereocenters. The van der Waals surface area contributed by atoms with Gasteiger partial charge >= 0.3 is 0 Å². The fourth-order valence-electron chi connectivity index (χ4n) is 1.23. The van der Waals surface area contributed by atoms with Crippen LogP contribution in [0.1, 0.15) is 12.6 Å². The lowest BCUT2D eigenvalue weighted by Crippen LogP contribution is -2.18. The molecular formula is C10H15N3S2. The first-order valence-corrected chi connectivity index (χ1v) is 6.45. The predicted octanol–water partition coefficient (Wildman–Crippen LogP) is 1.88. The third kappa shape index (κ3) is 4.05. The number of thiocarbonyl (C=S) groups is 1. The van der Waals surface area contributed by atoms with Gasteiger partial charge in [-0.15, -0.1) is 0 Å². The molecule has 0 aliphatic heterocycles. The quantitative estimate of drug-likeness (QED) is 0.771. The molecular weight excluding hydrogens is 226 g/mol. The topological polar surface area (TPSA) is 50.9 Å². The Morgan fingerprint density at radius 1 is 1.73 bits per heavy atom. The van der Waals surface area contributed by atoms with Crippen LogP contribution in [0.15, 0.2) is 18.3 Å². The van der Waals surface area contributed by atoms with Crippen molar-refractivity contribution in [3.05, 3.63) is 24.0 Å². The highest BCUT2D eigenvalue weighted by Gasteiger charge is 2.03. The zero-order valence-corrected chi connectivity index (χ0v) is 10.5. The molecule has 1 aromatic heterocycles. The number of pyridine rings is 1.